The first-order chi connectivity index (χ1) is 11.0. The molecule has 0 aromatic heterocycles. The van der Waals surface area contributed by atoms with Crippen LogP contribution in [0.15, 0.2) is 24.3 Å². The molecule has 1 aliphatic heterocycles. The van der Waals surface area contributed by atoms with Crippen molar-refractivity contribution in [3.8, 4) is 0 Å². The number of rotatable bonds is 6. The van der Waals surface area contributed by atoms with E-state index in [9.17, 15) is 4.79 Å². The molecule has 136 valence electrons. The van der Waals surface area contributed by atoms with E-state index in [0.717, 1.165) is 13.1 Å². The van der Waals surface area contributed by atoms with E-state index < -0.39 is 0 Å². The molecule has 24 heavy (non-hydrogen) atoms. The molecule has 1 saturated heterocycles. The monoisotopic (exact) mass is 352 g/mol. The maximum atomic E-state index is 12.3. The van der Waals surface area contributed by atoms with Crippen LogP contribution in [-0.2, 0) is 4.79 Å². The highest BCUT2D eigenvalue weighted by Gasteiger charge is 2.22. The Bertz CT molecular complexity index is 495. The third-order valence-electron chi connectivity index (χ3n) is 5.13. The van der Waals surface area contributed by atoms with E-state index in [1.807, 2.05) is 0 Å². The fourth-order valence-corrected chi connectivity index (χ4v) is 3.38. The number of carbonyl (C=O) groups is 1. The van der Waals surface area contributed by atoms with E-state index in [4.69, 9.17) is 0 Å². The van der Waals surface area contributed by atoms with Gasteiger partial charge in [-0.15, -0.1) is 12.4 Å². The van der Waals surface area contributed by atoms with Crippen LogP contribution in [0.1, 0.15) is 70.0 Å². The average molecular weight is 353 g/mol. The van der Waals surface area contributed by atoms with E-state index in [-0.39, 0.29) is 24.4 Å². The van der Waals surface area contributed by atoms with Gasteiger partial charge in [-0.25, -0.2) is 0 Å². The number of halogens is 1. The largest absolute Gasteiger partial charge is 0.350 e. The highest BCUT2D eigenvalue weighted by Crippen LogP contribution is 2.23. The summed E-state index contributed by atoms with van der Waals surface area (Å²) in [5.74, 6) is 1.79. The molecule has 0 spiro atoms. The maximum absolute atomic E-state index is 12.3. The summed E-state index contributed by atoms with van der Waals surface area (Å²) in [4.78, 5) is 12.3. The Morgan fingerprint density at radius 2 is 1.79 bits per heavy atom. The Labute approximate surface area is 153 Å². The molecule has 0 radical (unpaired) electrons. The third kappa shape index (κ3) is 6.10. The van der Waals surface area contributed by atoms with Crippen LogP contribution in [0.4, 0.5) is 0 Å². The van der Waals surface area contributed by atoms with Crippen LogP contribution in [-0.4, -0.2) is 19.0 Å². The lowest BCUT2D eigenvalue weighted by molar-refractivity contribution is -0.123. The molecule has 3 atom stereocenters. The Morgan fingerprint density at radius 3 is 2.33 bits per heavy atom. The molecule has 0 bridgehead atoms. The SMILES string of the molecule is CC(C)c1ccc(C(C)NC(=O)CC(C)C2CCCNC2)cc1.Cl. The van der Waals surface area contributed by atoms with Crippen molar-refractivity contribution in [1.29, 1.82) is 0 Å². The lowest BCUT2D eigenvalue weighted by Gasteiger charge is -2.28. The molecule has 1 aromatic rings. The van der Waals surface area contributed by atoms with E-state index in [1.54, 1.807) is 0 Å². The molecule has 0 saturated carbocycles. The first kappa shape index (κ1) is 21.0. The minimum Gasteiger partial charge on any atom is -0.350 e. The van der Waals surface area contributed by atoms with Crippen LogP contribution in [0.25, 0.3) is 0 Å². The molecule has 1 amide bonds. The van der Waals surface area contributed by atoms with Gasteiger partial charge in [0.25, 0.3) is 0 Å². The van der Waals surface area contributed by atoms with Crippen LogP contribution in [0.5, 0.6) is 0 Å². The third-order valence-corrected chi connectivity index (χ3v) is 5.13. The predicted molar refractivity (Wildman–Crippen MR) is 104 cm³/mol. The summed E-state index contributed by atoms with van der Waals surface area (Å²) in [5.41, 5.74) is 2.51. The Hall–Kier alpha value is -1.06. The summed E-state index contributed by atoms with van der Waals surface area (Å²) >= 11 is 0. The Kier molecular flexibility index (Phi) is 8.79. The molecule has 3 unspecified atom stereocenters. The zero-order chi connectivity index (χ0) is 16.8. The molecule has 3 nitrogen and oxygen atoms in total. The molecule has 2 N–H and O–H groups in total. The lowest BCUT2D eigenvalue weighted by atomic mass is 9.85. The number of hydrogen-bond acceptors (Lipinski definition) is 2. The first-order valence-electron chi connectivity index (χ1n) is 9.07. The van der Waals surface area contributed by atoms with Gasteiger partial charge in [0.15, 0.2) is 0 Å². The van der Waals surface area contributed by atoms with E-state index in [0.29, 0.717) is 24.2 Å². The van der Waals surface area contributed by atoms with Crippen molar-refractivity contribution < 1.29 is 4.79 Å². The van der Waals surface area contributed by atoms with Gasteiger partial charge < -0.3 is 10.6 Å². The van der Waals surface area contributed by atoms with Crippen LogP contribution in [0.2, 0.25) is 0 Å². The average Bonchev–Trinajstić information content (AvgIpc) is 2.55. The second kappa shape index (κ2) is 10.0. The van der Waals surface area contributed by atoms with Crippen molar-refractivity contribution in [2.24, 2.45) is 11.8 Å². The summed E-state index contributed by atoms with van der Waals surface area (Å²) in [5, 5.41) is 6.59. The minimum atomic E-state index is 0. The number of nitrogens with one attached hydrogen (secondary N) is 2. The van der Waals surface area contributed by atoms with Gasteiger partial charge in [-0.05, 0) is 61.7 Å². The van der Waals surface area contributed by atoms with Crippen molar-refractivity contribution in [2.75, 3.05) is 13.1 Å². The number of benzene rings is 1. The fourth-order valence-electron chi connectivity index (χ4n) is 3.38. The van der Waals surface area contributed by atoms with Crippen LogP contribution < -0.4 is 10.6 Å². The fraction of sp³-hybridized carbons (Fsp3) is 0.650. The number of amides is 1. The van der Waals surface area contributed by atoms with Gasteiger partial charge in [0, 0.05) is 6.42 Å². The lowest BCUT2D eigenvalue weighted by Crippen LogP contribution is -2.36. The summed E-state index contributed by atoms with van der Waals surface area (Å²) in [6.07, 6.45) is 3.10. The summed E-state index contributed by atoms with van der Waals surface area (Å²) in [7, 11) is 0. The van der Waals surface area contributed by atoms with Crippen LogP contribution in [0, 0.1) is 11.8 Å². The quantitative estimate of drug-likeness (QED) is 0.794. The minimum absolute atomic E-state index is 0. The second-order valence-electron chi connectivity index (χ2n) is 7.40. The normalized spacial score (nSPS) is 20.1. The highest BCUT2D eigenvalue weighted by molar-refractivity contribution is 5.85. The van der Waals surface area contributed by atoms with Gasteiger partial charge in [-0.3, -0.25) is 4.79 Å². The molecular weight excluding hydrogens is 320 g/mol. The van der Waals surface area contributed by atoms with E-state index >= 15 is 0 Å². The van der Waals surface area contributed by atoms with Crippen molar-refractivity contribution >= 4 is 18.3 Å². The Balaban J connectivity index is 0.00000288. The molecule has 4 heteroatoms. The maximum Gasteiger partial charge on any atom is 0.220 e. The predicted octanol–water partition coefficient (Wildman–Crippen LogP) is 4.43. The molecule has 1 aromatic carbocycles. The highest BCUT2D eigenvalue weighted by atomic mass is 35.5. The van der Waals surface area contributed by atoms with Crippen molar-refractivity contribution in [2.45, 2.75) is 58.9 Å². The van der Waals surface area contributed by atoms with Gasteiger partial charge in [-0.2, -0.15) is 0 Å². The van der Waals surface area contributed by atoms with Crippen LogP contribution >= 0.6 is 12.4 Å². The van der Waals surface area contributed by atoms with E-state index in [2.05, 4.69) is 62.6 Å². The zero-order valence-corrected chi connectivity index (χ0v) is 16.3. The molecule has 1 heterocycles. The zero-order valence-electron chi connectivity index (χ0n) is 15.5. The van der Waals surface area contributed by atoms with Crippen molar-refractivity contribution in [3.05, 3.63) is 35.4 Å². The van der Waals surface area contributed by atoms with Gasteiger partial charge in [0.1, 0.15) is 0 Å². The molecule has 1 fully saturated rings. The van der Waals surface area contributed by atoms with Gasteiger partial charge in [0.05, 0.1) is 6.04 Å². The smallest absolute Gasteiger partial charge is 0.220 e. The number of piperidine rings is 1. The van der Waals surface area contributed by atoms with Gasteiger partial charge >= 0.3 is 0 Å². The Morgan fingerprint density at radius 1 is 1.17 bits per heavy atom. The standard InChI is InChI=1S/C20H32N2O.ClH/c1-14(2)17-7-9-18(10-8-17)16(4)22-20(23)12-15(3)19-6-5-11-21-13-19;/h7-10,14-16,19,21H,5-6,11-13H2,1-4H3,(H,22,23);1H. The van der Waals surface area contributed by atoms with Crippen LogP contribution in [0.3, 0.4) is 0 Å². The van der Waals surface area contributed by atoms with E-state index in [1.165, 1.54) is 24.0 Å². The van der Waals surface area contributed by atoms with Gasteiger partial charge in [-0.1, -0.05) is 45.0 Å². The molecule has 0 aliphatic carbocycles. The van der Waals surface area contributed by atoms with Crippen molar-refractivity contribution in [3.63, 3.8) is 0 Å². The summed E-state index contributed by atoms with van der Waals surface area (Å²) in [6.45, 7) is 10.8. The number of carbonyl (C=O) groups excluding carboxylic acids is 1. The first-order valence-corrected chi connectivity index (χ1v) is 9.07. The van der Waals surface area contributed by atoms with Crippen molar-refractivity contribution in [1.82, 2.24) is 10.6 Å². The number of hydrogen-bond donors (Lipinski definition) is 2. The summed E-state index contributed by atoms with van der Waals surface area (Å²) < 4.78 is 0. The van der Waals surface area contributed by atoms with Gasteiger partial charge in [0.2, 0.25) is 5.91 Å². The molecule has 1 aliphatic rings. The molecule has 2 rings (SSSR count). The summed E-state index contributed by atoms with van der Waals surface area (Å²) in [6, 6.07) is 8.67. The topological polar surface area (TPSA) is 41.1 Å². The molecular formula is C20H33ClN2O. The second-order valence-corrected chi connectivity index (χ2v) is 7.40.